The zero-order valence-electron chi connectivity index (χ0n) is 19.1. The lowest BCUT2D eigenvalue weighted by Gasteiger charge is -2.41. The van der Waals surface area contributed by atoms with Crippen molar-refractivity contribution in [3.63, 3.8) is 0 Å². The molecule has 34 heavy (non-hydrogen) atoms. The fourth-order valence-corrected chi connectivity index (χ4v) is 5.39. The van der Waals surface area contributed by atoms with Gasteiger partial charge in [-0.05, 0) is 74.3 Å². The van der Waals surface area contributed by atoms with Crippen LogP contribution in [0.15, 0.2) is 59.5 Å². The number of pyridine rings is 1. The molecule has 0 radical (unpaired) electrons. The van der Waals surface area contributed by atoms with Gasteiger partial charge >= 0.3 is 6.09 Å². The van der Waals surface area contributed by atoms with E-state index < -0.39 is 0 Å². The van der Waals surface area contributed by atoms with Crippen molar-refractivity contribution in [2.75, 3.05) is 6.61 Å². The van der Waals surface area contributed by atoms with Crippen molar-refractivity contribution < 1.29 is 18.3 Å². The predicted octanol–water partition coefficient (Wildman–Crippen LogP) is 5.76. The summed E-state index contributed by atoms with van der Waals surface area (Å²) < 4.78 is 24.4. The van der Waals surface area contributed by atoms with E-state index in [1.165, 1.54) is 18.5 Å². The number of nitrogens with one attached hydrogen (secondary N) is 1. The van der Waals surface area contributed by atoms with Crippen LogP contribution in [0.3, 0.4) is 0 Å². The van der Waals surface area contributed by atoms with Crippen LogP contribution in [0.1, 0.15) is 49.3 Å². The Morgan fingerprint density at radius 3 is 2.94 bits per heavy atom. The zero-order chi connectivity index (χ0) is 23.5. The third-order valence-corrected chi connectivity index (χ3v) is 6.95. The minimum absolute atomic E-state index is 0.115. The zero-order valence-corrected chi connectivity index (χ0v) is 19.1. The first-order valence-corrected chi connectivity index (χ1v) is 11.9. The van der Waals surface area contributed by atoms with Crippen molar-refractivity contribution in [2.45, 2.75) is 44.6 Å². The number of carbonyl (C=O) groups is 1. The summed E-state index contributed by atoms with van der Waals surface area (Å²) in [5.41, 5.74) is 3.51. The third-order valence-electron chi connectivity index (χ3n) is 6.95. The average molecular weight is 462 g/mol. The number of allylic oxidation sites excluding steroid dienone is 1. The molecule has 1 saturated carbocycles. The van der Waals surface area contributed by atoms with Gasteiger partial charge in [-0.15, -0.1) is 0 Å². The van der Waals surface area contributed by atoms with Crippen molar-refractivity contribution in [1.29, 1.82) is 0 Å². The van der Waals surface area contributed by atoms with E-state index in [9.17, 15) is 9.18 Å². The number of ether oxygens (including phenoxy) is 1. The summed E-state index contributed by atoms with van der Waals surface area (Å²) in [5.74, 6) is 1.62. The number of oxazole rings is 1. The minimum atomic E-state index is -0.340. The van der Waals surface area contributed by atoms with E-state index in [2.05, 4.69) is 21.4 Å². The van der Waals surface area contributed by atoms with E-state index in [0.717, 1.165) is 54.0 Å². The monoisotopic (exact) mass is 461 g/mol. The van der Waals surface area contributed by atoms with Gasteiger partial charge in [0.2, 0.25) is 0 Å². The minimum Gasteiger partial charge on any atom is -0.450 e. The molecule has 5 rings (SSSR count). The van der Waals surface area contributed by atoms with Gasteiger partial charge < -0.3 is 14.5 Å². The van der Waals surface area contributed by atoms with Crippen molar-refractivity contribution >= 4 is 12.2 Å². The van der Waals surface area contributed by atoms with Crippen LogP contribution in [0, 0.1) is 17.7 Å². The average Bonchev–Trinajstić information content (AvgIpc) is 3.30. The molecule has 2 aliphatic carbocycles. The van der Waals surface area contributed by atoms with Gasteiger partial charge in [0, 0.05) is 23.7 Å². The lowest BCUT2D eigenvalue weighted by atomic mass is 9.65. The molecule has 1 aromatic carbocycles. The summed E-state index contributed by atoms with van der Waals surface area (Å²) in [4.78, 5) is 20.9. The molecule has 0 spiro atoms. The number of halogens is 1. The Hall–Kier alpha value is -3.48. The molecular formula is C27H28FN3O3. The second kappa shape index (κ2) is 9.79. The van der Waals surface area contributed by atoms with E-state index in [-0.39, 0.29) is 23.9 Å². The maximum Gasteiger partial charge on any atom is 0.407 e. The molecule has 2 aromatic heterocycles. The van der Waals surface area contributed by atoms with Crippen LogP contribution in [-0.4, -0.2) is 28.7 Å². The largest absolute Gasteiger partial charge is 0.450 e. The molecule has 4 atom stereocenters. The number of benzene rings is 1. The van der Waals surface area contributed by atoms with Gasteiger partial charge in [-0.2, -0.15) is 0 Å². The van der Waals surface area contributed by atoms with Crippen LogP contribution in [0.2, 0.25) is 0 Å². The number of fused-ring (bicyclic) bond motifs is 2. The molecule has 1 amide bonds. The van der Waals surface area contributed by atoms with E-state index >= 15 is 0 Å². The first-order chi connectivity index (χ1) is 16.6. The van der Waals surface area contributed by atoms with Crippen molar-refractivity contribution in [3.05, 3.63) is 78.0 Å². The van der Waals surface area contributed by atoms with Crippen LogP contribution in [0.25, 0.3) is 17.2 Å². The molecule has 2 heterocycles. The highest BCUT2D eigenvalue weighted by Gasteiger charge is 2.42. The molecule has 3 aromatic rings. The van der Waals surface area contributed by atoms with Crippen LogP contribution in [0.5, 0.6) is 0 Å². The summed E-state index contributed by atoms with van der Waals surface area (Å²) >= 11 is 0. The van der Waals surface area contributed by atoms with Crippen molar-refractivity contribution in [3.8, 4) is 11.1 Å². The van der Waals surface area contributed by atoms with Gasteiger partial charge in [-0.25, -0.2) is 14.2 Å². The number of hydrogen-bond donors (Lipinski definition) is 1. The predicted molar refractivity (Wildman–Crippen MR) is 126 cm³/mol. The van der Waals surface area contributed by atoms with Gasteiger partial charge in [0.15, 0.2) is 6.39 Å². The van der Waals surface area contributed by atoms with Gasteiger partial charge in [0.05, 0.1) is 18.0 Å². The maximum absolute atomic E-state index is 13.5. The number of alkyl carbamates (subject to hydrolysis) is 1. The van der Waals surface area contributed by atoms with E-state index in [1.807, 2.05) is 31.2 Å². The summed E-state index contributed by atoms with van der Waals surface area (Å²) in [6.45, 7) is 2.18. The maximum atomic E-state index is 13.5. The summed E-state index contributed by atoms with van der Waals surface area (Å²) in [6.07, 6.45) is 10.8. The lowest BCUT2D eigenvalue weighted by Crippen LogP contribution is -2.44. The first-order valence-electron chi connectivity index (χ1n) is 11.9. The Balaban J connectivity index is 1.32. The second-order valence-electron chi connectivity index (χ2n) is 9.03. The molecule has 7 heteroatoms. The summed E-state index contributed by atoms with van der Waals surface area (Å²) in [6, 6.07) is 10.5. The Morgan fingerprint density at radius 1 is 1.24 bits per heavy atom. The van der Waals surface area contributed by atoms with E-state index in [4.69, 9.17) is 9.15 Å². The Bertz CT molecular complexity index is 1170. The fourth-order valence-electron chi connectivity index (χ4n) is 5.39. The SMILES string of the molecule is CCOC(=O)N[C@H]1CC[C@@H]2[C@H](Cc3ncoc3[C@H]2/C=C/c2ccc(-c3cccc(F)c3)cn2)C1. The van der Waals surface area contributed by atoms with Gasteiger partial charge in [0.25, 0.3) is 0 Å². The van der Waals surface area contributed by atoms with Crippen LogP contribution in [-0.2, 0) is 11.2 Å². The molecule has 1 fully saturated rings. The smallest absolute Gasteiger partial charge is 0.407 e. The van der Waals surface area contributed by atoms with E-state index in [0.29, 0.717) is 18.4 Å². The Morgan fingerprint density at radius 2 is 2.15 bits per heavy atom. The number of rotatable bonds is 5. The molecule has 176 valence electrons. The fraction of sp³-hybridized carbons (Fsp3) is 0.370. The Labute approximate surface area is 198 Å². The van der Waals surface area contributed by atoms with E-state index in [1.54, 1.807) is 12.3 Å². The van der Waals surface area contributed by atoms with Crippen LogP contribution >= 0.6 is 0 Å². The number of aromatic nitrogens is 2. The highest BCUT2D eigenvalue weighted by atomic mass is 19.1. The number of hydrogen-bond acceptors (Lipinski definition) is 5. The van der Waals surface area contributed by atoms with Gasteiger partial charge in [-0.3, -0.25) is 4.98 Å². The topological polar surface area (TPSA) is 77.2 Å². The molecule has 0 unspecified atom stereocenters. The van der Waals surface area contributed by atoms with Crippen LogP contribution in [0.4, 0.5) is 9.18 Å². The van der Waals surface area contributed by atoms with Crippen LogP contribution < -0.4 is 5.32 Å². The normalized spacial score (nSPS) is 23.8. The quantitative estimate of drug-likeness (QED) is 0.523. The Kier molecular flexibility index (Phi) is 6.43. The van der Waals surface area contributed by atoms with Crippen molar-refractivity contribution in [1.82, 2.24) is 15.3 Å². The highest BCUT2D eigenvalue weighted by Crippen LogP contribution is 2.47. The lowest BCUT2D eigenvalue weighted by molar-refractivity contribution is 0.126. The standard InChI is InChI=1S/C27H28FN3O3/c1-2-33-27(32)31-22-9-10-23-19(13-22)14-25-26(34-16-30-25)24(23)11-8-21-7-6-18(15-29-21)17-4-3-5-20(28)12-17/h3-8,11-12,15-16,19,22-24H,2,9-10,13-14H2,1H3,(H,31,32)/b11-8+/t19-,22-,23+,24-/m0/s1. The summed E-state index contributed by atoms with van der Waals surface area (Å²) in [7, 11) is 0. The molecule has 0 bridgehead atoms. The van der Waals surface area contributed by atoms with Gasteiger partial charge in [0.1, 0.15) is 11.6 Å². The highest BCUT2D eigenvalue weighted by molar-refractivity contribution is 5.67. The number of amides is 1. The molecule has 0 aliphatic heterocycles. The summed E-state index contributed by atoms with van der Waals surface area (Å²) in [5, 5.41) is 3.01. The molecule has 1 N–H and O–H groups in total. The van der Waals surface area contributed by atoms with Crippen molar-refractivity contribution in [2.24, 2.45) is 11.8 Å². The number of nitrogens with zero attached hydrogens (tertiary/aromatic N) is 2. The second-order valence-corrected chi connectivity index (χ2v) is 9.03. The molecular weight excluding hydrogens is 433 g/mol. The van der Waals surface area contributed by atoms with Gasteiger partial charge in [-0.1, -0.05) is 24.3 Å². The first kappa shape index (κ1) is 22.3. The molecule has 2 aliphatic rings. The number of carbonyl (C=O) groups excluding carboxylic acids is 1. The third kappa shape index (κ3) is 4.74. The molecule has 6 nitrogen and oxygen atoms in total. The molecule has 0 saturated heterocycles.